The van der Waals surface area contributed by atoms with E-state index in [1.807, 2.05) is 0 Å². The van der Waals surface area contributed by atoms with E-state index in [4.69, 9.17) is 27.7 Å². The van der Waals surface area contributed by atoms with E-state index in [0.717, 1.165) is 15.2 Å². The summed E-state index contributed by atoms with van der Waals surface area (Å²) in [6, 6.07) is 10.4. The van der Waals surface area contributed by atoms with Gasteiger partial charge >= 0.3 is 7.60 Å². The van der Waals surface area contributed by atoms with Gasteiger partial charge in [0.2, 0.25) is 0 Å². The lowest BCUT2D eigenvalue weighted by Gasteiger charge is -2.26. The van der Waals surface area contributed by atoms with Crippen molar-refractivity contribution >= 4 is 57.4 Å². The third-order valence-corrected chi connectivity index (χ3v) is 7.57. The van der Waals surface area contributed by atoms with Gasteiger partial charge in [-0.25, -0.2) is 8.42 Å². The number of aromatic amines is 1. The number of aromatic nitrogens is 1. The molecule has 0 fully saturated rings. The highest BCUT2D eigenvalue weighted by Gasteiger charge is 2.33. The summed E-state index contributed by atoms with van der Waals surface area (Å²) < 4.78 is 44.7. The number of H-pyrrole nitrogens is 1. The number of hydrogen-bond donors (Lipinski definition) is 2. The van der Waals surface area contributed by atoms with Crippen molar-refractivity contribution in [1.82, 2.24) is 4.98 Å². The fraction of sp³-hybridized carbons (Fsp3) is 0.176. The van der Waals surface area contributed by atoms with Crippen molar-refractivity contribution in [2.45, 2.75) is 11.8 Å². The van der Waals surface area contributed by atoms with Crippen LogP contribution in [0.25, 0.3) is 10.9 Å². The standard InChI is InChI=1S/C17H17Cl2N2O5PS/c1-2-26-27(22,23)11-21(15-3-4-17-12(7-15)5-6-20-17)28(24,25)16-9-13(18)8-14(19)10-16/h3-10,20H,2,11H2,1H3,(H,22,23). The molecular formula is C17H17Cl2N2O5PS. The van der Waals surface area contributed by atoms with E-state index in [2.05, 4.69) is 4.98 Å². The number of benzene rings is 2. The fourth-order valence-corrected chi connectivity index (χ4v) is 6.57. The van der Waals surface area contributed by atoms with E-state index in [-0.39, 0.29) is 27.2 Å². The molecule has 0 amide bonds. The molecule has 1 heterocycles. The monoisotopic (exact) mass is 462 g/mol. The molecule has 3 aromatic rings. The zero-order valence-corrected chi connectivity index (χ0v) is 17.9. The fourth-order valence-electron chi connectivity index (χ4n) is 2.70. The molecule has 0 bridgehead atoms. The Kier molecular flexibility index (Phi) is 6.10. The van der Waals surface area contributed by atoms with Crippen LogP contribution in [0.1, 0.15) is 6.92 Å². The van der Waals surface area contributed by atoms with E-state index in [9.17, 15) is 17.9 Å². The summed E-state index contributed by atoms with van der Waals surface area (Å²) in [5, 5.41) is 0.999. The van der Waals surface area contributed by atoms with Crippen LogP contribution in [0.5, 0.6) is 0 Å². The Morgan fingerprint density at radius 3 is 2.46 bits per heavy atom. The molecule has 0 spiro atoms. The van der Waals surface area contributed by atoms with Crippen LogP contribution in [0.15, 0.2) is 53.6 Å². The molecule has 28 heavy (non-hydrogen) atoms. The summed E-state index contributed by atoms with van der Waals surface area (Å²) in [5.74, 6) is 0. The third-order valence-electron chi connectivity index (χ3n) is 3.89. The molecule has 150 valence electrons. The van der Waals surface area contributed by atoms with Gasteiger partial charge in [-0.05, 0) is 49.4 Å². The molecule has 1 unspecified atom stereocenters. The van der Waals surface area contributed by atoms with Crippen LogP contribution in [-0.4, -0.2) is 31.2 Å². The van der Waals surface area contributed by atoms with E-state index in [1.54, 1.807) is 31.3 Å². The lowest BCUT2D eigenvalue weighted by molar-refractivity contribution is 0.274. The molecule has 2 aromatic carbocycles. The number of fused-ring (bicyclic) bond motifs is 1. The number of sulfonamides is 1. The average molecular weight is 463 g/mol. The maximum absolute atomic E-state index is 13.3. The zero-order chi connectivity index (χ0) is 20.5. The molecule has 0 radical (unpaired) electrons. The molecule has 11 heteroatoms. The van der Waals surface area contributed by atoms with E-state index >= 15 is 0 Å². The Balaban J connectivity index is 2.15. The first kappa shape index (κ1) is 21.2. The molecular weight excluding hydrogens is 446 g/mol. The summed E-state index contributed by atoms with van der Waals surface area (Å²) in [6.45, 7) is 1.51. The predicted octanol–water partition coefficient (Wildman–Crippen LogP) is 4.85. The van der Waals surface area contributed by atoms with Gasteiger partial charge in [-0.15, -0.1) is 0 Å². The first-order valence-electron chi connectivity index (χ1n) is 8.15. The van der Waals surface area contributed by atoms with Crippen LogP contribution >= 0.6 is 30.8 Å². The lowest BCUT2D eigenvalue weighted by atomic mass is 10.2. The molecule has 0 aliphatic rings. The average Bonchev–Trinajstić information content (AvgIpc) is 3.06. The number of halogens is 2. The number of nitrogens with zero attached hydrogens (tertiary/aromatic N) is 1. The van der Waals surface area contributed by atoms with Gasteiger partial charge in [0.05, 0.1) is 17.2 Å². The highest BCUT2D eigenvalue weighted by molar-refractivity contribution is 7.93. The maximum Gasteiger partial charge on any atom is 0.348 e. The topological polar surface area (TPSA) is 99.7 Å². The second kappa shape index (κ2) is 8.06. The van der Waals surface area contributed by atoms with E-state index in [1.165, 1.54) is 24.3 Å². The van der Waals surface area contributed by atoms with Gasteiger partial charge in [0.1, 0.15) is 6.29 Å². The van der Waals surface area contributed by atoms with Crippen LogP contribution in [-0.2, 0) is 19.1 Å². The second-order valence-corrected chi connectivity index (χ2v) is 10.5. The molecule has 0 saturated carbocycles. The quantitative estimate of drug-likeness (QED) is 0.488. The van der Waals surface area contributed by atoms with Crippen molar-refractivity contribution in [1.29, 1.82) is 0 Å². The Labute approximate surface area is 172 Å². The molecule has 3 rings (SSSR count). The lowest BCUT2D eigenvalue weighted by Crippen LogP contribution is -2.32. The maximum atomic E-state index is 13.3. The van der Waals surface area contributed by atoms with Gasteiger partial charge in [0, 0.05) is 27.1 Å². The second-order valence-electron chi connectivity index (χ2n) is 5.90. The summed E-state index contributed by atoms with van der Waals surface area (Å²) in [6.07, 6.45) is 0.949. The number of rotatable bonds is 7. The molecule has 0 aliphatic heterocycles. The van der Waals surface area contributed by atoms with Crippen LogP contribution in [0.4, 0.5) is 5.69 Å². The Morgan fingerprint density at radius 2 is 1.82 bits per heavy atom. The molecule has 0 saturated heterocycles. The van der Waals surface area contributed by atoms with Crippen molar-refractivity contribution < 1.29 is 22.4 Å². The van der Waals surface area contributed by atoms with Gasteiger partial charge in [0.25, 0.3) is 10.0 Å². The number of nitrogens with one attached hydrogen (secondary N) is 1. The van der Waals surface area contributed by atoms with E-state index in [0.29, 0.717) is 0 Å². The molecule has 1 aromatic heterocycles. The Bertz CT molecular complexity index is 1150. The Hall–Kier alpha value is -1.54. The van der Waals surface area contributed by atoms with Crippen molar-refractivity contribution in [2.75, 3.05) is 17.2 Å². The Morgan fingerprint density at radius 1 is 1.14 bits per heavy atom. The van der Waals surface area contributed by atoms with Gasteiger partial charge in [-0.3, -0.25) is 8.87 Å². The molecule has 0 aliphatic carbocycles. The minimum absolute atomic E-state index is 0.0402. The number of anilines is 1. The SMILES string of the molecule is CCOP(=O)(O)CN(c1ccc2[nH]ccc2c1)S(=O)(=O)c1cc(Cl)cc(Cl)c1. The first-order chi connectivity index (χ1) is 13.1. The van der Waals surface area contributed by atoms with Gasteiger partial charge in [-0.1, -0.05) is 23.2 Å². The smallest absolute Gasteiger partial charge is 0.348 e. The first-order valence-corrected chi connectivity index (χ1v) is 12.1. The van der Waals surface area contributed by atoms with Crippen LogP contribution < -0.4 is 4.31 Å². The third kappa shape index (κ3) is 4.54. The summed E-state index contributed by atoms with van der Waals surface area (Å²) >= 11 is 11.9. The van der Waals surface area contributed by atoms with Crippen LogP contribution in [0.2, 0.25) is 10.0 Å². The highest BCUT2D eigenvalue weighted by Crippen LogP contribution is 2.45. The largest absolute Gasteiger partial charge is 0.361 e. The minimum Gasteiger partial charge on any atom is -0.361 e. The molecule has 2 N–H and O–H groups in total. The normalized spacial score (nSPS) is 14.1. The van der Waals surface area contributed by atoms with Crippen molar-refractivity contribution in [3.05, 3.63) is 58.7 Å². The zero-order valence-electron chi connectivity index (χ0n) is 14.7. The summed E-state index contributed by atoms with van der Waals surface area (Å²) in [7, 11) is -8.49. The number of hydrogen-bond acceptors (Lipinski definition) is 4. The van der Waals surface area contributed by atoms with Crippen molar-refractivity contribution in [3.63, 3.8) is 0 Å². The minimum atomic E-state index is -4.26. The van der Waals surface area contributed by atoms with Crippen LogP contribution in [0, 0.1) is 0 Å². The summed E-state index contributed by atoms with van der Waals surface area (Å²) in [4.78, 5) is 12.9. The molecule has 7 nitrogen and oxygen atoms in total. The highest BCUT2D eigenvalue weighted by atomic mass is 35.5. The molecule has 1 atom stereocenters. The predicted molar refractivity (Wildman–Crippen MR) is 111 cm³/mol. The van der Waals surface area contributed by atoms with Gasteiger partial charge in [-0.2, -0.15) is 0 Å². The van der Waals surface area contributed by atoms with Gasteiger partial charge < -0.3 is 14.4 Å². The summed E-state index contributed by atoms with van der Waals surface area (Å²) in [5.41, 5.74) is 1.00. The van der Waals surface area contributed by atoms with Crippen molar-refractivity contribution in [3.8, 4) is 0 Å². The van der Waals surface area contributed by atoms with E-state index < -0.39 is 23.9 Å². The van der Waals surface area contributed by atoms with Crippen molar-refractivity contribution in [2.24, 2.45) is 0 Å². The van der Waals surface area contributed by atoms with Gasteiger partial charge in [0.15, 0.2) is 0 Å². The van der Waals surface area contributed by atoms with Crippen LogP contribution in [0.3, 0.4) is 0 Å².